The maximum atomic E-state index is 10.5. The molecule has 1 aliphatic carbocycles. The molecule has 0 spiro atoms. The number of hydrogen-bond acceptors (Lipinski definition) is 3. The van der Waals surface area contributed by atoms with Crippen molar-refractivity contribution in [2.75, 3.05) is 6.61 Å². The fraction of sp³-hybridized carbons (Fsp3) is 0.300. The molecule has 1 aliphatic heterocycles. The first-order chi connectivity index (χ1) is 6.79. The fourth-order valence-electron chi connectivity index (χ4n) is 1.39. The fourth-order valence-corrected chi connectivity index (χ4v) is 1.55. The molecule has 2 aliphatic rings. The van der Waals surface area contributed by atoms with E-state index in [0.29, 0.717) is 17.4 Å². The summed E-state index contributed by atoms with van der Waals surface area (Å²) in [6.07, 6.45) is 7.20. The van der Waals surface area contributed by atoms with Crippen molar-refractivity contribution in [1.29, 1.82) is 0 Å². The number of allylic oxidation sites excluding steroid dienone is 2. The molecule has 0 fully saturated rings. The number of carbonyl (C=O) groups is 1. The van der Waals surface area contributed by atoms with Crippen LogP contribution in [0.4, 0.5) is 0 Å². The van der Waals surface area contributed by atoms with E-state index in [1.54, 1.807) is 24.3 Å². The summed E-state index contributed by atoms with van der Waals surface area (Å²) in [6, 6.07) is 0. The smallest absolute Gasteiger partial charge is 0.185 e. The molecule has 0 aromatic rings. The summed E-state index contributed by atoms with van der Waals surface area (Å²) in [5.41, 5.74) is 0.584. The van der Waals surface area contributed by atoms with Crippen molar-refractivity contribution >= 4 is 17.9 Å². The third-order valence-electron chi connectivity index (χ3n) is 2.08. The highest BCUT2D eigenvalue weighted by Crippen LogP contribution is 2.22. The lowest BCUT2D eigenvalue weighted by Gasteiger charge is -2.22. The van der Waals surface area contributed by atoms with Crippen molar-refractivity contribution in [3.8, 4) is 0 Å². The van der Waals surface area contributed by atoms with Gasteiger partial charge in [-0.2, -0.15) is 0 Å². The second kappa shape index (κ2) is 3.98. The largest absolute Gasteiger partial charge is 0.473 e. The lowest BCUT2D eigenvalue weighted by atomic mass is 10.0. The zero-order valence-corrected chi connectivity index (χ0v) is 8.11. The van der Waals surface area contributed by atoms with Crippen molar-refractivity contribution in [1.82, 2.24) is 0 Å². The molecule has 0 N–H and O–H groups in total. The van der Waals surface area contributed by atoms with Crippen LogP contribution in [0.3, 0.4) is 0 Å². The van der Waals surface area contributed by atoms with E-state index in [4.69, 9.17) is 21.1 Å². The molecular weight excluding hydrogens is 204 g/mol. The van der Waals surface area contributed by atoms with Crippen LogP contribution in [0.5, 0.6) is 0 Å². The summed E-state index contributed by atoms with van der Waals surface area (Å²) < 4.78 is 10.8. The molecule has 0 aromatic heterocycles. The Labute approximate surface area is 86.6 Å². The molecule has 0 bridgehead atoms. The van der Waals surface area contributed by atoms with Gasteiger partial charge >= 0.3 is 0 Å². The van der Waals surface area contributed by atoms with Crippen LogP contribution in [-0.4, -0.2) is 25.1 Å². The number of hydrogen-bond donors (Lipinski definition) is 0. The van der Waals surface area contributed by atoms with Gasteiger partial charge in [0.1, 0.15) is 18.5 Å². The van der Waals surface area contributed by atoms with Gasteiger partial charge in [-0.25, -0.2) is 0 Å². The third-order valence-corrected chi connectivity index (χ3v) is 2.32. The molecule has 0 radical (unpaired) electrons. The van der Waals surface area contributed by atoms with Crippen LogP contribution in [0, 0.1) is 0 Å². The summed E-state index contributed by atoms with van der Waals surface area (Å²) in [7, 11) is 0. The predicted molar refractivity (Wildman–Crippen MR) is 51.8 cm³/mol. The zero-order chi connectivity index (χ0) is 9.97. The van der Waals surface area contributed by atoms with E-state index in [2.05, 4.69) is 0 Å². The highest BCUT2D eigenvalue weighted by molar-refractivity contribution is 6.28. The summed E-state index contributed by atoms with van der Waals surface area (Å²) in [5, 5.41) is 0.314. The molecule has 74 valence electrons. The maximum absolute atomic E-state index is 10.5. The van der Waals surface area contributed by atoms with Crippen LogP contribution in [0.15, 0.2) is 35.1 Å². The van der Waals surface area contributed by atoms with Crippen LogP contribution >= 0.6 is 11.6 Å². The molecular formula is C10H9ClO3. The number of carbonyl (C=O) groups excluding carboxylic acids is 1. The topological polar surface area (TPSA) is 35.5 Å². The van der Waals surface area contributed by atoms with E-state index in [0.717, 1.165) is 6.29 Å². The average Bonchev–Trinajstić information content (AvgIpc) is 2.37. The Hall–Kier alpha value is -1.06. The van der Waals surface area contributed by atoms with Gasteiger partial charge in [-0.15, -0.1) is 0 Å². The Bertz CT molecular complexity index is 330. The van der Waals surface area contributed by atoms with Gasteiger partial charge in [-0.1, -0.05) is 12.2 Å². The minimum absolute atomic E-state index is 0.161. The average molecular weight is 213 g/mol. The van der Waals surface area contributed by atoms with Crippen molar-refractivity contribution in [2.24, 2.45) is 0 Å². The van der Waals surface area contributed by atoms with Gasteiger partial charge < -0.3 is 9.47 Å². The molecule has 3 nitrogen and oxygen atoms in total. The first kappa shape index (κ1) is 9.49. The molecule has 4 heteroatoms. The predicted octanol–water partition coefficient (Wildman–Crippen LogP) is 1.55. The lowest BCUT2D eigenvalue weighted by Crippen LogP contribution is -2.28. The molecule has 0 saturated heterocycles. The molecule has 2 rings (SSSR count). The van der Waals surface area contributed by atoms with Gasteiger partial charge in [-0.3, -0.25) is 4.79 Å². The van der Waals surface area contributed by atoms with Gasteiger partial charge in [0.25, 0.3) is 0 Å². The Morgan fingerprint density at radius 2 is 2.36 bits per heavy atom. The van der Waals surface area contributed by atoms with E-state index in [1.807, 2.05) is 0 Å². The summed E-state index contributed by atoms with van der Waals surface area (Å²) in [5.74, 6) is 0. The summed E-state index contributed by atoms with van der Waals surface area (Å²) >= 11 is 5.75. The quantitative estimate of drug-likeness (QED) is 0.619. The van der Waals surface area contributed by atoms with Crippen molar-refractivity contribution in [3.63, 3.8) is 0 Å². The van der Waals surface area contributed by atoms with Crippen LogP contribution < -0.4 is 0 Å². The van der Waals surface area contributed by atoms with Gasteiger partial charge in [0, 0.05) is 5.57 Å². The van der Waals surface area contributed by atoms with Crippen LogP contribution in [0.1, 0.15) is 0 Å². The zero-order valence-electron chi connectivity index (χ0n) is 7.35. The number of fused-ring (bicyclic) bond motifs is 1. The standard InChI is InChI=1S/C10H9ClO3/c11-10-3-4-13-8-2-1-7(6-12)5-9(8)14-10/h1-3,5-6,8-9H,4H2. The van der Waals surface area contributed by atoms with Gasteiger partial charge in [0.05, 0.1) is 6.61 Å². The third kappa shape index (κ3) is 1.89. The van der Waals surface area contributed by atoms with E-state index in [9.17, 15) is 4.79 Å². The first-order valence-corrected chi connectivity index (χ1v) is 4.66. The molecule has 2 atom stereocenters. The number of rotatable bonds is 1. The SMILES string of the molecule is O=CC1=CC2OC(Cl)=CCOC2C=C1. The van der Waals surface area contributed by atoms with Gasteiger partial charge in [0.2, 0.25) is 0 Å². The Morgan fingerprint density at radius 1 is 1.50 bits per heavy atom. The number of ether oxygens (including phenoxy) is 2. The second-order valence-corrected chi connectivity index (χ2v) is 3.40. The molecule has 14 heavy (non-hydrogen) atoms. The minimum atomic E-state index is -0.300. The summed E-state index contributed by atoms with van der Waals surface area (Å²) in [4.78, 5) is 10.5. The highest BCUT2D eigenvalue weighted by Gasteiger charge is 2.25. The molecule has 2 unspecified atom stereocenters. The van der Waals surface area contributed by atoms with Gasteiger partial charge in [0.15, 0.2) is 5.22 Å². The van der Waals surface area contributed by atoms with Crippen LogP contribution in [0.25, 0.3) is 0 Å². The Balaban J connectivity index is 2.20. The second-order valence-electron chi connectivity index (χ2n) is 3.03. The van der Waals surface area contributed by atoms with Crippen molar-refractivity contribution < 1.29 is 14.3 Å². The van der Waals surface area contributed by atoms with E-state index in [-0.39, 0.29) is 12.2 Å². The summed E-state index contributed by atoms with van der Waals surface area (Å²) in [6.45, 7) is 0.425. The van der Waals surface area contributed by atoms with Crippen LogP contribution in [0.2, 0.25) is 0 Å². The van der Waals surface area contributed by atoms with Crippen molar-refractivity contribution in [2.45, 2.75) is 12.2 Å². The first-order valence-electron chi connectivity index (χ1n) is 4.29. The maximum Gasteiger partial charge on any atom is 0.185 e. The number of halogens is 1. The molecule has 0 amide bonds. The van der Waals surface area contributed by atoms with E-state index >= 15 is 0 Å². The lowest BCUT2D eigenvalue weighted by molar-refractivity contribution is -0.104. The van der Waals surface area contributed by atoms with Crippen molar-refractivity contribution in [3.05, 3.63) is 35.1 Å². The van der Waals surface area contributed by atoms with E-state index < -0.39 is 0 Å². The van der Waals surface area contributed by atoms with Crippen LogP contribution in [-0.2, 0) is 14.3 Å². The molecule has 1 heterocycles. The molecule has 0 saturated carbocycles. The normalized spacial score (nSPS) is 30.6. The number of aldehydes is 1. The Morgan fingerprint density at radius 3 is 3.14 bits per heavy atom. The highest BCUT2D eigenvalue weighted by atomic mass is 35.5. The Kier molecular flexibility index (Phi) is 2.70. The van der Waals surface area contributed by atoms with Gasteiger partial charge in [-0.05, 0) is 23.8 Å². The minimum Gasteiger partial charge on any atom is -0.473 e. The monoisotopic (exact) mass is 212 g/mol. The van der Waals surface area contributed by atoms with E-state index in [1.165, 1.54) is 0 Å². The molecule has 0 aromatic carbocycles.